The second-order valence-electron chi connectivity index (χ2n) is 6.84. The second-order valence-corrected chi connectivity index (χ2v) is 6.84. The van der Waals surface area contributed by atoms with E-state index in [-0.39, 0.29) is 17.5 Å². The average molecular weight is 358 g/mol. The summed E-state index contributed by atoms with van der Waals surface area (Å²) >= 11 is 0. The van der Waals surface area contributed by atoms with Crippen molar-refractivity contribution in [3.05, 3.63) is 47.5 Å². The van der Waals surface area contributed by atoms with Crippen LogP contribution in [0.1, 0.15) is 22.3 Å². The minimum Gasteiger partial charge on any atom is -0.465 e. The number of carbonyl (C=O) groups excluding carboxylic acids is 1. The lowest BCUT2D eigenvalue weighted by molar-refractivity contribution is -0.0243. The fourth-order valence-electron chi connectivity index (χ4n) is 3.83. The molecule has 2 unspecified atom stereocenters. The van der Waals surface area contributed by atoms with Crippen molar-refractivity contribution in [3.8, 4) is 5.69 Å². The first-order valence-corrected chi connectivity index (χ1v) is 8.55. The summed E-state index contributed by atoms with van der Waals surface area (Å²) in [6, 6.07) is 4.80. The van der Waals surface area contributed by atoms with Gasteiger partial charge >= 0.3 is 6.09 Å². The number of amides is 2. The van der Waals surface area contributed by atoms with Crippen LogP contribution in [0.2, 0.25) is 0 Å². The molecule has 2 aliphatic heterocycles. The molecule has 0 spiro atoms. The molecule has 1 N–H and O–H groups in total. The van der Waals surface area contributed by atoms with Gasteiger partial charge in [0.05, 0.1) is 11.7 Å². The third-order valence-corrected chi connectivity index (χ3v) is 5.36. The highest BCUT2D eigenvalue weighted by atomic mass is 19.1. The number of halogens is 1. The number of aromatic nitrogens is 2. The molecule has 7 nitrogen and oxygen atoms in total. The molecule has 0 aliphatic carbocycles. The Kier molecular flexibility index (Phi) is 3.90. The Balaban J connectivity index is 1.66. The van der Waals surface area contributed by atoms with Crippen LogP contribution in [0.3, 0.4) is 0 Å². The fourth-order valence-corrected chi connectivity index (χ4v) is 3.83. The second kappa shape index (κ2) is 6.12. The molecule has 2 saturated heterocycles. The number of rotatable bonds is 2. The summed E-state index contributed by atoms with van der Waals surface area (Å²) in [5, 5.41) is 13.3. The van der Waals surface area contributed by atoms with Crippen LogP contribution in [0.25, 0.3) is 5.69 Å². The predicted molar refractivity (Wildman–Crippen MR) is 90.8 cm³/mol. The summed E-state index contributed by atoms with van der Waals surface area (Å²) in [6.45, 7) is 2.92. The Bertz CT molecular complexity index is 868. The van der Waals surface area contributed by atoms with Crippen LogP contribution in [0.15, 0.2) is 30.6 Å². The van der Waals surface area contributed by atoms with E-state index in [0.29, 0.717) is 30.9 Å². The zero-order chi connectivity index (χ0) is 18.4. The first kappa shape index (κ1) is 16.6. The first-order chi connectivity index (χ1) is 12.5. The number of fused-ring (bicyclic) bond motifs is 1. The molecule has 3 heterocycles. The van der Waals surface area contributed by atoms with Gasteiger partial charge in [-0.2, -0.15) is 5.10 Å². The highest BCUT2D eigenvalue weighted by Crippen LogP contribution is 2.33. The van der Waals surface area contributed by atoms with Gasteiger partial charge in [-0.15, -0.1) is 0 Å². The van der Waals surface area contributed by atoms with Crippen LogP contribution < -0.4 is 0 Å². The molecule has 2 fully saturated rings. The topological polar surface area (TPSA) is 78.7 Å². The lowest BCUT2D eigenvalue weighted by atomic mass is 9.82. The summed E-state index contributed by atoms with van der Waals surface area (Å²) < 4.78 is 16.3. The molecular formula is C18H19FN4O3. The summed E-state index contributed by atoms with van der Waals surface area (Å²) in [7, 11) is 0. The smallest absolute Gasteiger partial charge is 0.407 e. The van der Waals surface area contributed by atoms with Crippen LogP contribution in [0, 0.1) is 18.7 Å². The Hall–Kier alpha value is -2.90. The van der Waals surface area contributed by atoms with E-state index < -0.39 is 17.8 Å². The molecule has 4 rings (SSSR count). The van der Waals surface area contributed by atoms with E-state index in [4.69, 9.17) is 0 Å². The van der Waals surface area contributed by atoms with Crippen LogP contribution in [-0.2, 0) is 0 Å². The van der Waals surface area contributed by atoms with Crippen LogP contribution in [0.4, 0.5) is 9.18 Å². The molecular weight excluding hydrogens is 339 g/mol. The molecule has 1 aromatic heterocycles. The average Bonchev–Trinajstić information content (AvgIpc) is 3.11. The van der Waals surface area contributed by atoms with Gasteiger partial charge in [0.25, 0.3) is 5.91 Å². The Morgan fingerprint density at radius 1 is 1.31 bits per heavy atom. The normalized spacial score (nSPS) is 21.9. The van der Waals surface area contributed by atoms with Crippen LogP contribution in [0.5, 0.6) is 0 Å². The van der Waals surface area contributed by atoms with Crippen LogP contribution in [-0.4, -0.2) is 62.4 Å². The highest BCUT2D eigenvalue weighted by Gasteiger charge is 2.46. The van der Waals surface area contributed by atoms with Gasteiger partial charge in [0.2, 0.25) is 0 Å². The number of piperidine rings is 1. The number of hydrogen-bond donors (Lipinski definition) is 1. The third-order valence-electron chi connectivity index (χ3n) is 5.36. The van der Waals surface area contributed by atoms with Crippen LogP contribution >= 0.6 is 0 Å². The number of carboxylic acid groups (broad SMARTS) is 1. The molecule has 2 aromatic rings. The van der Waals surface area contributed by atoms with E-state index in [0.717, 1.165) is 6.42 Å². The predicted octanol–water partition coefficient (Wildman–Crippen LogP) is 2.14. The van der Waals surface area contributed by atoms with Gasteiger partial charge < -0.3 is 14.9 Å². The zero-order valence-electron chi connectivity index (χ0n) is 14.3. The molecule has 2 amide bonds. The van der Waals surface area contributed by atoms with E-state index in [1.54, 1.807) is 42.4 Å². The number of hydrogen-bond acceptors (Lipinski definition) is 3. The molecule has 1 aromatic carbocycles. The Morgan fingerprint density at radius 3 is 2.81 bits per heavy atom. The van der Waals surface area contributed by atoms with Crippen molar-refractivity contribution in [1.82, 2.24) is 19.6 Å². The van der Waals surface area contributed by atoms with Crippen molar-refractivity contribution in [2.45, 2.75) is 19.4 Å². The van der Waals surface area contributed by atoms with Gasteiger partial charge in [0.1, 0.15) is 11.4 Å². The summed E-state index contributed by atoms with van der Waals surface area (Å²) in [6.07, 6.45) is 2.98. The summed E-state index contributed by atoms with van der Waals surface area (Å²) in [5.41, 5.74) is 0.747. The maximum absolute atomic E-state index is 14.9. The molecule has 136 valence electrons. The van der Waals surface area contributed by atoms with E-state index in [2.05, 4.69) is 5.10 Å². The van der Waals surface area contributed by atoms with Crippen molar-refractivity contribution in [3.63, 3.8) is 0 Å². The molecule has 2 aliphatic rings. The van der Waals surface area contributed by atoms with E-state index in [1.807, 2.05) is 0 Å². The van der Waals surface area contributed by atoms with Crippen molar-refractivity contribution >= 4 is 12.0 Å². The molecule has 0 radical (unpaired) electrons. The molecule has 0 bridgehead atoms. The molecule has 2 atom stereocenters. The van der Waals surface area contributed by atoms with Gasteiger partial charge in [0, 0.05) is 37.9 Å². The first-order valence-electron chi connectivity index (χ1n) is 8.55. The lowest BCUT2D eigenvalue weighted by Crippen LogP contribution is -2.66. The van der Waals surface area contributed by atoms with E-state index in [1.165, 1.54) is 9.58 Å². The summed E-state index contributed by atoms with van der Waals surface area (Å²) in [5.74, 6) is -0.704. The van der Waals surface area contributed by atoms with Gasteiger partial charge in [-0.25, -0.2) is 13.9 Å². The summed E-state index contributed by atoms with van der Waals surface area (Å²) in [4.78, 5) is 27.3. The van der Waals surface area contributed by atoms with Gasteiger partial charge in [-0.05, 0) is 31.0 Å². The monoisotopic (exact) mass is 358 g/mol. The highest BCUT2D eigenvalue weighted by molar-refractivity contribution is 5.98. The molecule has 26 heavy (non-hydrogen) atoms. The number of nitrogens with zero attached hydrogens (tertiary/aromatic N) is 4. The SMILES string of the molecule is Cc1ccc(-n2cccn2)c(C(=O)N2CCC3CN(C(=O)O)C3C2)c1F. The minimum absolute atomic E-state index is 0.0200. The van der Waals surface area contributed by atoms with Crippen molar-refractivity contribution in [1.29, 1.82) is 0 Å². The Labute approximate surface area is 149 Å². The maximum atomic E-state index is 14.9. The largest absolute Gasteiger partial charge is 0.465 e. The zero-order valence-corrected chi connectivity index (χ0v) is 14.3. The van der Waals surface area contributed by atoms with Gasteiger partial charge in [0.15, 0.2) is 0 Å². The van der Waals surface area contributed by atoms with Gasteiger partial charge in [-0.3, -0.25) is 4.79 Å². The third kappa shape index (κ3) is 2.53. The van der Waals surface area contributed by atoms with E-state index in [9.17, 15) is 19.1 Å². The maximum Gasteiger partial charge on any atom is 0.407 e. The lowest BCUT2D eigenvalue weighted by Gasteiger charge is -2.52. The Morgan fingerprint density at radius 2 is 2.12 bits per heavy atom. The van der Waals surface area contributed by atoms with E-state index >= 15 is 0 Å². The quantitative estimate of drug-likeness (QED) is 0.892. The number of likely N-dealkylation sites (tertiary alicyclic amines) is 2. The van der Waals surface area contributed by atoms with Gasteiger partial charge in [-0.1, -0.05) is 6.07 Å². The molecule has 0 saturated carbocycles. The number of benzene rings is 1. The minimum atomic E-state index is -0.973. The fraction of sp³-hybridized carbons (Fsp3) is 0.389. The van der Waals surface area contributed by atoms with Crippen molar-refractivity contribution in [2.75, 3.05) is 19.6 Å². The number of carbonyl (C=O) groups is 2. The standard InChI is InChI=1S/C18H19FN4O3/c1-11-3-4-13(23-7-2-6-20-23)15(16(11)19)17(24)21-8-5-12-9-22(18(25)26)14(12)10-21/h2-4,6-7,12,14H,5,8-10H2,1H3,(H,25,26). The number of aryl methyl sites for hydroxylation is 1. The van der Waals surface area contributed by atoms with Crippen molar-refractivity contribution in [2.24, 2.45) is 5.92 Å². The molecule has 8 heteroatoms. The van der Waals surface area contributed by atoms with Crippen molar-refractivity contribution < 1.29 is 19.1 Å².